The molecule has 0 saturated carbocycles. The van der Waals surface area contributed by atoms with Gasteiger partial charge < -0.3 is 33.9 Å². The van der Waals surface area contributed by atoms with Gasteiger partial charge in [-0.15, -0.1) is 0 Å². The van der Waals surface area contributed by atoms with Gasteiger partial charge in [-0.25, -0.2) is 0 Å². The number of hydrogen-bond acceptors (Lipinski definition) is 8. The van der Waals surface area contributed by atoms with Crippen LogP contribution in [0.25, 0.3) is 0 Å². The lowest BCUT2D eigenvalue weighted by Crippen LogP contribution is -2.62. The Morgan fingerprint density at radius 3 is 2.10 bits per heavy atom. The Kier molecular flexibility index (Phi) is 12.3. The van der Waals surface area contributed by atoms with Gasteiger partial charge in [-0.05, 0) is 86.7 Å². The molecule has 0 radical (unpaired) electrons. The highest BCUT2D eigenvalue weighted by Crippen LogP contribution is 2.42. The molecular weight excluding hydrogens is 644 g/mol. The van der Waals surface area contributed by atoms with E-state index in [0.717, 1.165) is 22.4 Å². The Hall–Kier alpha value is -3.60. The van der Waals surface area contributed by atoms with E-state index in [2.05, 4.69) is 0 Å². The molecule has 49 heavy (non-hydrogen) atoms. The molecule has 8 nitrogen and oxygen atoms in total. The van der Waals surface area contributed by atoms with Gasteiger partial charge in [0.1, 0.15) is 29.7 Å². The summed E-state index contributed by atoms with van der Waals surface area (Å²) in [5.74, 6) is -0.985. The number of carbonyl (C=O) groups excluding carboxylic acids is 1. The van der Waals surface area contributed by atoms with Crippen LogP contribution >= 0.6 is 11.6 Å². The average molecular weight is 689 g/mol. The van der Waals surface area contributed by atoms with Gasteiger partial charge in [0.05, 0.1) is 32.5 Å². The number of Topliss-reactive ketones (excluding diaryl/α,β-unsaturated/α-hetero) is 1. The van der Waals surface area contributed by atoms with E-state index in [0.29, 0.717) is 23.6 Å². The van der Waals surface area contributed by atoms with Crippen LogP contribution in [0.3, 0.4) is 0 Å². The van der Waals surface area contributed by atoms with Crippen LogP contribution in [-0.2, 0) is 38.6 Å². The fraction of sp³-hybridized carbons (Fsp3) is 0.375. The minimum Gasteiger partial charge on any atom is -0.494 e. The molecule has 4 aromatic rings. The van der Waals surface area contributed by atoms with Crippen LogP contribution in [0, 0.1) is 0 Å². The summed E-state index contributed by atoms with van der Waals surface area (Å²) >= 11 is 6.55. The highest BCUT2D eigenvalue weighted by molar-refractivity contribution is 6.31. The summed E-state index contributed by atoms with van der Waals surface area (Å²) < 4.78 is 30.9. The monoisotopic (exact) mass is 688 g/mol. The zero-order valence-electron chi connectivity index (χ0n) is 28.4. The van der Waals surface area contributed by atoms with Crippen LogP contribution in [-0.4, -0.2) is 65.0 Å². The van der Waals surface area contributed by atoms with E-state index in [9.17, 15) is 15.0 Å². The van der Waals surface area contributed by atoms with Gasteiger partial charge in [0.2, 0.25) is 0 Å². The molecule has 1 saturated heterocycles. The van der Waals surface area contributed by atoms with E-state index in [4.69, 9.17) is 35.3 Å². The molecule has 0 unspecified atom stereocenters. The predicted molar refractivity (Wildman–Crippen MR) is 188 cm³/mol. The van der Waals surface area contributed by atoms with E-state index in [-0.39, 0.29) is 25.4 Å². The van der Waals surface area contributed by atoms with Gasteiger partial charge in [0.15, 0.2) is 11.6 Å². The largest absolute Gasteiger partial charge is 0.494 e. The Morgan fingerprint density at radius 1 is 0.878 bits per heavy atom. The summed E-state index contributed by atoms with van der Waals surface area (Å²) in [5.41, 5.74) is 2.26. The van der Waals surface area contributed by atoms with Gasteiger partial charge in [0, 0.05) is 10.6 Å². The first-order valence-corrected chi connectivity index (χ1v) is 16.9. The SMILES string of the molecule is CCOc1ccc(Cc2cc(C(=O)[C@H](O)[C@@H](O)[C@H](OCc3ccccc3)[C@]3(COCc4ccccc4)OC(C)(C)O[C@@H]3C)ccc2Cl)cc1. The van der Waals surface area contributed by atoms with Gasteiger partial charge >= 0.3 is 0 Å². The van der Waals surface area contributed by atoms with E-state index >= 15 is 0 Å². The molecule has 0 amide bonds. The molecular formula is C40H45ClO8. The third-order valence-corrected chi connectivity index (χ3v) is 9.01. The molecule has 260 valence electrons. The highest BCUT2D eigenvalue weighted by atomic mass is 35.5. The fourth-order valence-electron chi connectivity index (χ4n) is 6.25. The summed E-state index contributed by atoms with van der Waals surface area (Å²) in [5, 5.41) is 24.0. The molecule has 1 heterocycles. The van der Waals surface area contributed by atoms with Crippen LogP contribution < -0.4 is 4.74 Å². The molecule has 1 fully saturated rings. The molecule has 2 N–H and O–H groups in total. The van der Waals surface area contributed by atoms with Crippen LogP contribution in [0.1, 0.15) is 60.3 Å². The highest BCUT2D eigenvalue weighted by Gasteiger charge is 2.60. The molecule has 0 spiro atoms. The topological polar surface area (TPSA) is 104 Å². The third-order valence-electron chi connectivity index (χ3n) is 8.64. The van der Waals surface area contributed by atoms with Crippen molar-refractivity contribution in [3.8, 4) is 5.75 Å². The summed E-state index contributed by atoms with van der Waals surface area (Å²) in [4.78, 5) is 13.9. The van der Waals surface area contributed by atoms with Gasteiger partial charge in [0.25, 0.3) is 0 Å². The molecule has 1 aliphatic rings. The Bertz CT molecular complexity index is 1650. The second-order valence-electron chi connectivity index (χ2n) is 12.8. The Balaban J connectivity index is 1.42. The van der Waals surface area contributed by atoms with E-state index in [1.807, 2.05) is 98.8 Å². The number of benzene rings is 4. The van der Waals surface area contributed by atoms with Crippen molar-refractivity contribution >= 4 is 17.4 Å². The van der Waals surface area contributed by atoms with Crippen LogP contribution in [0.15, 0.2) is 103 Å². The van der Waals surface area contributed by atoms with Crippen molar-refractivity contribution < 1.29 is 38.7 Å². The standard InChI is InChI=1S/C40H45ClO8/c1-5-46-33-19-16-28(17-20-33)22-32-23-31(18-21-34(32)41)35(42)36(43)37(44)38(47-25-30-14-10-7-11-15-30)40(27(2)48-39(3,4)49-40)26-45-24-29-12-8-6-9-13-29/h6-21,23,27,36-38,43-44H,5,22,24-26H2,1-4H3/t27-,36+,37-,38+,40-/m1/s1. The first kappa shape index (κ1) is 36.7. The normalized spacial score (nSPS) is 20.4. The van der Waals surface area contributed by atoms with Gasteiger partial charge in [-0.2, -0.15) is 0 Å². The number of hydrogen-bond donors (Lipinski definition) is 2. The van der Waals surface area contributed by atoms with Crippen molar-refractivity contribution in [1.29, 1.82) is 0 Å². The van der Waals surface area contributed by atoms with Crippen molar-refractivity contribution in [2.45, 2.75) is 83.1 Å². The van der Waals surface area contributed by atoms with E-state index in [1.165, 1.54) is 0 Å². The third kappa shape index (κ3) is 9.15. The first-order valence-electron chi connectivity index (χ1n) is 16.6. The lowest BCUT2D eigenvalue weighted by atomic mass is 9.84. The van der Waals surface area contributed by atoms with Crippen LogP contribution in [0.4, 0.5) is 0 Å². The number of aliphatic hydroxyl groups excluding tert-OH is 2. The summed E-state index contributed by atoms with van der Waals surface area (Å²) in [7, 11) is 0. The minimum atomic E-state index is -1.87. The summed E-state index contributed by atoms with van der Waals surface area (Å²) in [6, 6.07) is 31.6. The van der Waals surface area contributed by atoms with Crippen molar-refractivity contribution in [1.82, 2.24) is 0 Å². The average Bonchev–Trinajstić information content (AvgIpc) is 3.34. The molecule has 5 rings (SSSR count). The molecule has 5 atom stereocenters. The van der Waals surface area contributed by atoms with E-state index in [1.54, 1.807) is 32.0 Å². The van der Waals surface area contributed by atoms with Crippen molar-refractivity contribution in [3.63, 3.8) is 0 Å². The van der Waals surface area contributed by atoms with Crippen molar-refractivity contribution in [3.05, 3.63) is 136 Å². The maximum absolute atomic E-state index is 13.9. The Labute approximate surface area is 293 Å². The number of ether oxygens (including phenoxy) is 5. The molecule has 1 aliphatic heterocycles. The van der Waals surface area contributed by atoms with Gasteiger partial charge in [-0.3, -0.25) is 4.79 Å². The molecule has 0 aromatic heterocycles. The second kappa shape index (κ2) is 16.4. The zero-order chi connectivity index (χ0) is 35.0. The van der Waals surface area contributed by atoms with Crippen LogP contribution in [0.5, 0.6) is 5.75 Å². The predicted octanol–water partition coefficient (Wildman–Crippen LogP) is 6.95. The van der Waals surface area contributed by atoms with Gasteiger partial charge in [-0.1, -0.05) is 84.4 Å². The number of aliphatic hydroxyl groups is 2. The fourth-order valence-corrected chi connectivity index (χ4v) is 6.43. The molecule has 9 heteroatoms. The number of carbonyl (C=O) groups is 1. The lowest BCUT2D eigenvalue weighted by molar-refractivity contribution is -0.235. The number of rotatable bonds is 16. The molecule has 0 bridgehead atoms. The smallest absolute Gasteiger partial charge is 0.194 e. The number of ketones is 1. The minimum absolute atomic E-state index is 0.0445. The number of halogens is 1. The lowest BCUT2D eigenvalue weighted by Gasteiger charge is -2.41. The first-order chi connectivity index (χ1) is 23.5. The molecule has 0 aliphatic carbocycles. The van der Waals surface area contributed by atoms with E-state index < -0.39 is 41.6 Å². The quantitative estimate of drug-likeness (QED) is 0.122. The maximum Gasteiger partial charge on any atom is 0.194 e. The van der Waals surface area contributed by atoms with Crippen LogP contribution in [0.2, 0.25) is 5.02 Å². The maximum atomic E-state index is 13.9. The molecule has 4 aromatic carbocycles. The summed E-state index contributed by atoms with van der Waals surface area (Å²) in [6.07, 6.45) is -5.03. The summed E-state index contributed by atoms with van der Waals surface area (Å²) in [6.45, 7) is 8.14. The van der Waals surface area contributed by atoms with Crippen molar-refractivity contribution in [2.24, 2.45) is 0 Å². The zero-order valence-corrected chi connectivity index (χ0v) is 29.1. The second-order valence-corrected chi connectivity index (χ2v) is 13.2. The van der Waals surface area contributed by atoms with Crippen molar-refractivity contribution in [2.75, 3.05) is 13.2 Å². The Morgan fingerprint density at radius 2 is 1.51 bits per heavy atom.